The first kappa shape index (κ1) is 58.1. The molecule has 0 fully saturated rings. The molecule has 0 spiro atoms. The van der Waals surface area contributed by atoms with Gasteiger partial charge in [0.05, 0.1) is 109 Å². The minimum atomic E-state index is 0.147. The molecule has 0 aliphatic rings. The van der Waals surface area contributed by atoms with Crippen molar-refractivity contribution in [2.24, 2.45) is 0 Å². The van der Waals surface area contributed by atoms with Crippen molar-refractivity contribution in [1.82, 2.24) is 23.7 Å². The highest BCUT2D eigenvalue weighted by Crippen LogP contribution is 2.48. The number of nitrogens with zero attached hydrogens (tertiary/aromatic N) is 11. The van der Waals surface area contributed by atoms with E-state index in [1.54, 1.807) is 0 Å². The first-order valence-electron chi connectivity index (χ1n) is 32.0. The molecule has 0 N–H and O–H groups in total. The van der Waals surface area contributed by atoms with Crippen molar-refractivity contribution in [3.8, 4) is 126 Å². The van der Waals surface area contributed by atoms with Gasteiger partial charge in [0.15, 0.2) is 11.5 Å². The minimum absolute atomic E-state index is 0.147. The quantitative estimate of drug-likeness (QED) is 0.123. The Morgan fingerprint density at radius 1 is 0.293 bits per heavy atom. The minimum Gasteiger partial charge on any atom is -0.309 e. The van der Waals surface area contributed by atoms with Gasteiger partial charge in [0, 0.05) is 88.2 Å². The van der Waals surface area contributed by atoms with Crippen molar-refractivity contribution in [3.05, 3.63) is 324 Å². The molecule has 17 rings (SSSR count). The van der Waals surface area contributed by atoms with E-state index >= 15 is 0 Å². The van der Waals surface area contributed by atoms with E-state index in [1.807, 2.05) is 84.9 Å². The SMILES string of the molecule is [C-]#[N+]c1cc(C#N)cc(C#N)c1-c1ccc2c(c1)c1cc(-c3c(C#N)cc(C#N)cc3C#N)ccc1n2-c1c(-c2ccc(-n3c4ccccc4c4ccccc43)cc2)cc(-c2cc(-c3ccccc3)nc(-c3ccccc3)n2)cc1-c1ccc(-n2c3ccccc3c3ccccc32)cc1. The molecule has 0 radical (unpaired) electrons. The fraction of sp³-hybridized carbons (Fsp3) is 0. The maximum absolute atomic E-state index is 10.8. The normalized spacial score (nSPS) is 11.2. The van der Waals surface area contributed by atoms with Gasteiger partial charge in [-0.25, -0.2) is 14.8 Å². The van der Waals surface area contributed by atoms with Crippen LogP contribution in [0.1, 0.15) is 27.8 Å². The highest BCUT2D eigenvalue weighted by Gasteiger charge is 2.27. The van der Waals surface area contributed by atoms with Gasteiger partial charge in [-0.2, -0.15) is 26.3 Å². The average Bonchev–Trinajstić information content (AvgIpc) is 1.56. The summed E-state index contributed by atoms with van der Waals surface area (Å²) in [6, 6.07) is 107. The Labute approximate surface area is 568 Å². The van der Waals surface area contributed by atoms with Gasteiger partial charge in [0.1, 0.15) is 0 Å². The molecule has 17 aromatic rings. The molecule has 0 amide bonds. The molecule has 99 heavy (non-hydrogen) atoms. The summed E-state index contributed by atoms with van der Waals surface area (Å²) in [5.74, 6) is 0.559. The number of nitriles is 5. The summed E-state index contributed by atoms with van der Waals surface area (Å²) >= 11 is 0. The fourth-order valence-corrected chi connectivity index (χ4v) is 14.5. The number of para-hydroxylation sites is 4. The maximum atomic E-state index is 10.8. The molecular weight excluding hydrogens is 1210 g/mol. The van der Waals surface area contributed by atoms with Crippen LogP contribution in [0.3, 0.4) is 0 Å². The van der Waals surface area contributed by atoms with E-state index < -0.39 is 0 Å². The summed E-state index contributed by atoms with van der Waals surface area (Å²) in [7, 11) is 0. The van der Waals surface area contributed by atoms with E-state index in [0.717, 1.165) is 127 Å². The van der Waals surface area contributed by atoms with E-state index in [2.05, 4.69) is 225 Å². The number of benzene rings is 13. The monoisotopic (exact) mass is 1260 g/mol. The van der Waals surface area contributed by atoms with Crippen molar-refractivity contribution in [2.45, 2.75) is 0 Å². The second-order valence-corrected chi connectivity index (χ2v) is 24.3. The van der Waals surface area contributed by atoms with Crippen LogP contribution in [0.5, 0.6) is 0 Å². The van der Waals surface area contributed by atoms with Crippen LogP contribution in [0.2, 0.25) is 0 Å². The molecular formula is C88H47N11. The maximum Gasteiger partial charge on any atom is 0.197 e. The average molecular weight is 1260 g/mol. The summed E-state index contributed by atoms with van der Waals surface area (Å²) in [6.45, 7) is 8.39. The summed E-state index contributed by atoms with van der Waals surface area (Å²) in [5, 5.41) is 58.5. The number of hydrogen-bond acceptors (Lipinski definition) is 7. The van der Waals surface area contributed by atoms with Crippen LogP contribution in [-0.2, 0) is 0 Å². The Hall–Kier alpha value is -14.7. The summed E-state index contributed by atoms with van der Waals surface area (Å²) in [5.41, 5.74) is 18.9. The van der Waals surface area contributed by atoms with Crippen LogP contribution in [0.15, 0.2) is 285 Å². The van der Waals surface area contributed by atoms with Crippen molar-refractivity contribution in [1.29, 1.82) is 26.3 Å². The first-order valence-corrected chi connectivity index (χ1v) is 32.0. The Bertz CT molecular complexity index is 5960. The van der Waals surface area contributed by atoms with Crippen LogP contribution in [-0.4, -0.2) is 23.7 Å². The number of hydrogen-bond donors (Lipinski definition) is 0. The highest BCUT2D eigenvalue weighted by atomic mass is 15.0. The zero-order chi connectivity index (χ0) is 66.8. The predicted octanol–water partition coefficient (Wildman–Crippen LogP) is 21.3. The molecule has 454 valence electrons. The molecule has 4 heterocycles. The van der Waals surface area contributed by atoms with Crippen molar-refractivity contribution in [3.63, 3.8) is 0 Å². The lowest BCUT2D eigenvalue weighted by Crippen LogP contribution is -2.03. The third kappa shape index (κ3) is 9.61. The van der Waals surface area contributed by atoms with E-state index in [1.165, 1.54) is 24.3 Å². The molecule has 0 aliphatic carbocycles. The smallest absolute Gasteiger partial charge is 0.197 e. The lowest BCUT2D eigenvalue weighted by atomic mass is 9.91. The van der Waals surface area contributed by atoms with E-state index in [9.17, 15) is 26.3 Å². The molecule has 0 bridgehead atoms. The molecule has 4 aromatic heterocycles. The van der Waals surface area contributed by atoms with Crippen molar-refractivity contribution in [2.75, 3.05) is 0 Å². The molecule has 0 aliphatic heterocycles. The molecule has 11 nitrogen and oxygen atoms in total. The Kier molecular flexibility index (Phi) is 13.9. The number of rotatable bonds is 10. The molecule has 13 aromatic carbocycles. The van der Waals surface area contributed by atoms with Crippen LogP contribution < -0.4 is 0 Å². The van der Waals surface area contributed by atoms with E-state index in [4.69, 9.17) is 16.5 Å². The summed E-state index contributed by atoms with van der Waals surface area (Å²) in [6.07, 6.45) is 0. The van der Waals surface area contributed by atoms with Crippen LogP contribution >= 0.6 is 0 Å². The van der Waals surface area contributed by atoms with E-state index in [0.29, 0.717) is 33.8 Å². The zero-order valence-corrected chi connectivity index (χ0v) is 52.6. The largest absolute Gasteiger partial charge is 0.309 e. The molecule has 0 atom stereocenters. The van der Waals surface area contributed by atoms with Gasteiger partial charge in [-0.1, -0.05) is 170 Å². The van der Waals surface area contributed by atoms with Crippen molar-refractivity contribution < 1.29 is 0 Å². The molecule has 0 saturated heterocycles. The predicted molar refractivity (Wildman–Crippen MR) is 393 cm³/mol. The van der Waals surface area contributed by atoms with Crippen LogP contribution in [0.4, 0.5) is 5.69 Å². The number of fused-ring (bicyclic) bond motifs is 9. The second-order valence-electron chi connectivity index (χ2n) is 24.3. The Balaban J connectivity index is 1.00. The third-order valence-corrected chi connectivity index (χ3v) is 18.8. The van der Waals surface area contributed by atoms with Crippen molar-refractivity contribution >= 4 is 71.1 Å². The molecule has 0 unspecified atom stereocenters. The van der Waals surface area contributed by atoms with E-state index in [-0.39, 0.29) is 33.5 Å². The lowest BCUT2D eigenvalue weighted by Gasteiger charge is -2.22. The highest BCUT2D eigenvalue weighted by molar-refractivity contribution is 6.15. The fourth-order valence-electron chi connectivity index (χ4n) is 14.5. The Morgan fingerprint density at radius 3 is 1.10 bits per heavy atom. The van der Waals surface area contributed by atoms with Crippen LogP contribution in [0, 0.1) is 63.2 Å². The van der Waals surface area contributed by atoms with Crippen LogP contribution in [0.25, 0.3) is 166 Å². The standard InChI is InChI=1S/C88H47N11/c1-94-78-43-55(50-90)42-65(53-93)86(78)61-33-39-84-75(45-61)74-44-60(85-63(51-91)40-54(49-89)41-64(85)52-92)32-38-83(74)99(84)87-72(56-28-34-66(35-29-56)97-79-24-12-8-20-68(79)69-21-9-13-25-80(69)97)46-62(77-48-76(58-16-4-2-5-17-58)95-88(96-77)59-18-6-3-7-19-59)47-73(87)57-30-36-67(37-31-57)98-81-26-14-10-22-70(81)71-23-11-15-27-82(71)98/h2-48H. The van der Waals surface area contributed by atoms with Gasteiger partial charge >= 0.3 is 0 Å². The summed E-state index contributed by atoms with van der Waals surface area (Å²) < 4.78 is 6.89. The molecule has 0 saturated carbocycles. The topological polar surface area (TPSA) is 164 Å². The van der Waals surface area contributed by atoms with Gasteiger partial charge in [0.2, 0.25) is 0 Å². The zero-order valence-electron chi connectivity index (χ0n) is 52.6. The Morgan fingerprint density at radius 2 is 0.667 bits per heavy atom. The van der Waals surface area contributed by atoms with Gasteiger partial charge in [-0.15, -0.1) is 0 Å². The second kappa shape index (κ2) is 23.7. The lowest BCUT2D eigenvalue weighted by molar-refractivity contribution is 1.16. The first-order chi connectivity index (χ1) is 48.8. The van der Waals surface area contributed by atoms with Gasteiger partial charge in [-0.3, -0.25) is 0 Å². The van der Waals surface area contributed by atoms with Gasteiger partial charge in [-0.05, 0) is 138 Å². The summed E-state index contributed by atoms with van der Waals surface area (Å²) in [4.78, 5) is 14.6. The number of aromatic nitrogens is 5. The molecule has 11 heteroatoms. The van der Waals surface area contributed by atoms with Gasteiger partial charge < -0.3 is 13.7 Å². The van der Waals surface area contributed by atoms with Gasteiger partial charge in [0.25, 0.3) is 0 Å². The third-order valence-electron chi connectivity index (χ3n) is 18.8.